The summed E-state index contributed by atoms with van der Waals surface area (Å²) in [6.07, 6.45) is 3.21. The first-order valence-corrected chi connectivity index (χ1v) is 9.71. The molecule has 1 aliphatic heterocycles. The molecule has 3 aromatic rings. The molecule has 0 fully saturated rings. The van der Waals surface area contributed by atoms with Gasteiger partial charge in [0.15, 0.2) is 11.4 Å². The van der Waals surface area contributed by atoms with Crippen LogP contribution >= 0.6 is 12.2 Å². The number of hydrogen-bond donors (Lipinski definition) is 2. The first-order chi connectivity index (χ1) is 13.6. The lowest BCUT2D eigenvalue weighted by atomic mass is 10.0. The van der Waals surface area contributed by atoms with Crippen LogP contribution in [0.1, 0.15) is 22.9 Å². The standard InChI is InChI=1S/C21H21F2N3OS/c22-16-8-15-9-18(13-27-20(15)19(23)10-16)26-17(12-25-21(26)28)6-7-24-11-14-4-2-1-3-5-14/h1-5,8,10,12,18,24H,6-7,9,11,13H2,(H,25,28)/p+1/t18-/m1/s1. The second kappa shape index (κ2) is 8.24. The van der Waals surface area contributed by atoms with Crippen molar-refractivity contribution in [3.63, 3.8) is 0 Å². The topological polar surface area (TPSA) is 45.5 Å². The number of aromatic nitrogens is 2. The molecule has 0 aliphatic carbocycles. The molecule has 7 heteroatoms. The third-order valence-corrected chi connectivity index (χ3v) is 5.32. The summed E-state index contributed by atoms with van der Waals surface area (Å²) in [6.45, 7) is 2.02. The Morgan fingerprint density at radius 2 is 2.04 bits per heavy atom. The minimum absolute atomic E-state index is 0.0448. The van der Waals surface area contributed by atoms with Gasteiger partial charge >= 0.3 is 0 Å². The number of imidazole rings is 1. The highest BCUT2D eigenvalue weighted by Gasteiger charge is 2.30. The molecule has 1 atom stereocenters. The number of hydrogen-bond acceptors (Lipinski definition) is 2. The van der Waals surface area contributed by atoms with Crippen LogP contribution in [0.15, 0.2) is 48.7 Å². The molecule has 3 N–H and O–H groups in total. The molecule has 0 bridgehead atoms. The number of ether oxygens (including phenoxy) is 1. The lowest BCUT2D eigenvalue weighted by Gasteiger charge is -2.25. The van der Waals surface area contributed by atoms with E-state index >= 15 is 0 Å². The van der Waals surface area contributed by atoms with Crippen LogP contribution < -0.4 is 5.32 Å². The number of benzene rings is 2. The van der Waals surface area contributed by atoms with Crippen molar-refractivity contribution >= 4 is 12.2 Å². The van der Waals surface area contributed by atoms with Crippen molar-refractivity contribution in [1.82, 2.24) is 14.9 Å². The molecule has 0 radical (unpaired) electrons. The lowest BCUT2D eigenvalue weighted by Crippen LogP contribution is -2.26. The van der Waals surface area contributed by atoms with Crippen molar-refractivity contribution in [2.45, 2.75) is 25.4 Å². The number of aromatic hydroxyl groups is 1. The number of halogens is 2. The highest BCUT2D eigenvalue weighted by molar-refractivity contribution is 7.71. The van der Waals surface area contributed by atoms with E-state index in [2.05, 4.69) is 27.2 Å². The highest BCUT2D eigenvalue weighted by atomic mass is 32.1. The molecule has 4 nitrogen and oxygen atoms in total. The van der Waals surface area contributed by atoms with Gasteiger partial charge in [0.2, 0.25) is 5.82 Å². The largest absolute Gasteiger partial charge is 0.579 e. The zero-order chi connectivity index (χ0) is 19.5. The molecule has 2 heterocycles. The quantitative estimate of drug-likeness (QED) is 0.369. The summed E-state index contributed by atoms with van der Waals surface area (Å²) in [7, 11) is 0. The summed E-state index contributed by atoms with van der Waals surface area (Å²) >= 11 is 5.46. The molecule has 146 valence electrons. The zero-order valence-corrected chi connectivity index (χ0v) is 16.1. The molecule has 0 unspecified atom stereocenters. The highest BCUT2D eigenvalue weighted by Crippen LogP contribution is 2.34. The van der Waals surface area contributed by atoms with E-state index in [1.54, 1.807) is 0 Å². The monoisotopic (exact) mass is 402 g/mol. The summed E-state index contributed by atoms with van der Waals surface area (Å²) in [6, 6.07) is 12.4. The number of fused-ring (bicyclic) bond motifs is 1. The molecule has 28 heavy (non-hydrogen) atoms. The Morgan fingerprint density at radius 1 is 1.21 bits per heavy atom. The minimum atomic E-state index is -0.601. The maximum atomic E-state index is 13.9. The Hall–Kier alpha value is -2.51. The van der Waals surface area contributed by atoms with E-state index < -0.39 is 11.6 Å². The summed E-state index contributed by atoms with van der Waals surface area (Å²) in [5.74, 6) is -0.905. The van der Waals surface area contributed by atoms with Crippen LogP contribution in [0.3, 0.4) is 0 Å². The lowest BCUT2D eigenvalue weighted by molar-refractivity contribution is 0.0159. The number of nitrogens with zero attached hydrogens (tertiary/aromatic N) is 1. The van der Waals surface area contributed by atoms with Gasteiger partial charge in [-0.3, -0.25) is 0 Å². The van der Waals surface area contributed by atoms with Crippen LogP contribution in [-0.2, 0) is 19.4 Å². The first-order valence-electron chi connectivity index (χ1n) is 9.30. The molecule has 2 aromatic carbocycles. The number of aromatic amines is 1. The maximum Gasteiger partial charge on any atom is 0.294 e. The molecular weight excluding hydrogens is 380 g/mol. The van der Waals surface area contributed by atoms with Crippen LogP contribution in [0, 0.1) is 16.4 Å². The van der Waals surface area contributed by atoms with E-state index in [4.69, 9.17) is 12.2 Å². The predicted octanol–water partition coefficient (Wildman–Crippen LogP) is 4.19. The fourth-order valence-electron chi connectivity index (χ4n) is 3.69. The van der Waals surface area contributed by atoms with Gasteiger partial charge in [-0.25, -0.2) is 4.39 Å². The Labute approximate surface area is 167 Å². The van der Waals surface area contributed by atoms with Gasteiger partial charge in [0.1, 0.15) is 11.9 Å². The van der Waals surface area contributed by atoms with Crippen molar-refractivity contribution < 1.29 is 13.5 Å². The fraction of sp³-hybridized carbons (Fsp3) is 0.286. The molecule has 0 amide bonds. The first kappa shape index (κ1) is 18.8. The van der Waals surface area contributed by atoms with Gasteiger partial charge in [0.25, 0.3) is 5.75 Å². The van der Waals surface area contributed by atoms with E-state index in [0.717, 1.165) is 31.3 Å². The Bertz CT molecular complexity index is 1020. The summed E-state index contributed by atoms with van der Waals surface area (Å²) in [5.41, 5.74) is 2.89. The van der Waals surface area contributed by atoms with E-state index in [1.165, 1.54) is 11.6 Å². The van der Waals surface area contributed by atoms with Gasteiger partial charge in [-0.15, -0.1) is 0 Å². The van der Waals surface area contributed by atoms with E-state index in [1.807, 2.05) is 29.0 Å². The van der Waals surface area contributed by atoms with E-state index in [-0.39, 0.29) is 11.8 Å². The van der Waals surface area contributed by atoms with Crippen LogP contribution in [0.4, 0.5) is 8.78 Å². The normalized spacial score (nSPS) is 15.9. The SMILES string of the molecule is Fc1cc(F)c2c(c1)C[C@@H](n1c(CCNCc3ccccc3)c[nH]c1=S)C[OH+]2. The van der Waals surface area contributed by atoms with Gasteiger partial charge in [0.05, 0.1) is 5.56 Å². The van der Waals surface area contributed by atoms with Gasteiger partial charge < -0.3 is 19.6 Å². The molecule has 0 saturated heterocycles. The number of aliphatic hydroxyl groups is 1. The van der Waals surface area contributed by atoms with Crippen LogP contribution in [0.25, 0.3) is 0 Å². The second-order valence-electron chi connectivity index (χ2n) is 6.96. The zero-order valence-electron chi connectivity index (χ0n) is 15.3. The van der Waals surface area contributed by atoms with Gasteiger partial charge in [-0.1, -0.05) is 30.3 Å². The minimum Gasteiger partial charge on any atom is -0.579 e. The van der Waals surface area contributed by atoms with Gasteiger partial charge in [0, 0.05) is 43.9 Å². The fourth-order valence-corrected chi connectivity index (χ4v) is 4.02. The molecule has 4 rings (SSSR count). The van der Waals surface area contributed by atoms with E-state index in [0.29, 0.717) is 23.4 Å². The molecule has 1 aliphatic rings. The van der Waals surface area contributed by atoms with Crippen molar-refractivity contribution in [1.29, 1.82) is 0 Å². The van der Waals surface area contributed by atoms with Crippen LogP contribution in [-0.4, -0.2) is 27.4 Å². The Kier molecular flexibility index (Phi) is 5.54. The van der Waals surface area contributed by atoms with Crippen LogP contribution in [0.5, 0.6) is 5.75 Å². The maximum absolute atomic E-state index is 13.9. The summed E-state index contributed by atoms with van der Waals surface area (Å²) in [5, 5.41) is 3.44. The van der Waals surface area contributed by atoms with Gasteiger partial charge in [-0.2, -0.15) is 4.39 Å². The third-order valence-electron chi connectivity index (χ3n) is 5.01. The molecule has 1 aromatic heterocycles. The van der Waals surface area contributed by atoms with Crippen molar-refractivity contribution in [3.8, 4) is 5.75 Å². The Morgan fingerprint density at radius 3 is 2.86 bits per heavy atom. The predicted molar refractivity (Wildman–Crippen MR) is 107 cm³/mol. The summed E-state index contributed by atoms with van der Waals surface area (Å²) in [4.78, 5) is 3.10. The van der Waals surface area contributed by atoms with Crippen molar-refractivity contribution in [3.05, 3.63) is 81.9 Å². The molecule has 0 spiro atoms. The summed E-state index contributed by atoms with van der Waals surface area (Å²) < 4.78 is 34.5. The van der Waals surface area contributed by atoms with Crippen molar-refractivity contribution in [2.24, 2.45) is 0 Å². The van der Waals surface area contributed by atoms with E-state index in [9.17, 15) is 8.78 Å². The van der Waals surface area contributed by atoms with Gasteiger partial charge in [-0.05, 0) is 23.8 Å². The number of nitrogens with one attached hydrogen (secondary N) is 2. The smallest absolute Gasteiger partial charge is 0.294 e. The Balaban J connectivity index is 1.44. The second-order valence-corrected chi connectivity index (χ2v) is 7.35. The molecule has 0 saturated carbocycles. The van der Waals surface area contributed by atoms with Crippen LogP contribution in [0.2, 0.25) is 0 Å². The number of H-pyrrole nitrogens is 1. The third kappa shape index (κ3) is 4.00. The average molecular weight is 402 g/mol. The van der Waals surface area contributed by atoms with Crippen molar-refractivity contribution in [2.75, 3.05) is 13.2 Å². The molecular formula is C21H22F2N3OS+. The average Bonchev–Trinajstić information content (AvgIpc) is 3.06. The number of rotatable bonds is 6.